The number of ether oxygens (including phenoxy) is 1. The van der Waals surface area contributed by atoms with Gasteiger partial charge in [-0.1, -0.05) is 19.0 Å². The van der Waals surface area contributed by atoms with E-state index in [4.69, 9.17) is 9.26 Å². The molecule has 6 nitrogen and oxygen atoms in total. The second kappa shape index (κ2) is 6.26. The van der Waals surface area contributed by atoms with Crippen LogP contribution in [0.1, 0.15) is 31.5 Å². The second-order valence-corrected chi connectivity index (χ2v) is 5.10. The van der Waals surface area contributed by atoms with Crippen LogP contribution in [0.2, 0.25) is 0 Å². The van der Waals surface area contributed by atoms with E-state index in [1.807, 2.05) is 20.9 Å². The van der Waals surface area contributed by atoms with Gasteiger partial charge in [-0.15, -0.1) is 0 Å². The molecule has 0 bridgehead atoms. The van der Waals surface area contributed by atoms with E-state index in [0.717, 1.165) is 32.1 Å². The maximum atomic E-state index is 5.66. The van der Waals surface area contributed by atoms with Crippen LogP contribution in [0.15, 0.2) is 4.52 Å². The van der Waals surface area contributed by atoms with Crippen molar-refractivity contribution in [2.45, 2.75) is 32.4 Å². The molecule has 0 aliphatic carbocycles. The minimum Gasteiger partial charge on any atom is -0.374 e. The zero-order valence-electron chi connectivity index (χ0n) is 11.3. The molecular formula is C12H22N4O2. The smallest absolute Gasteiger partial charge is 0.229 e. The highest BCUT2D eigenvalue weighted by Crippen LogP contribution is 2.11. The van der Waals surface area contributed by atoms with Crippen molar-refractivity contribution in [3.8, 4) is 0 Å². The fourth-order valence-corrected chi connectivity index (χ4v) is 1.96. The number of rotatable bonds is 5. The molecule has 1 aromatic heterocycles. The Bertz CT molecular complexity index is 361. The molecule has 1 aliphatic rings. The molecule has 1 atom stereocenters. The molecule has 102 valence electrons. The van der Waals surface area contributed by atoms with Gasteiger partial charge in [0.2, 0.25) is 5.89 Å². The largest absolute Gasteiger partial charge is 0.374 e. The van der Waals surface area contributed by atoms with Gasteiger partial charge in [0.15, 0.2) is 5.82 Å². The maximum absolute atomic E-state index is 5.66. The molecule has 0 amide bonds. The molecule has 2 heterocycles. The highest BCUT2D eigenvalue weighted by atomic mass is 16.5. The minimum atomic E-state index is 0.250. The molecule has 18 heavy (non-hydrogen) atoms. The van der Waals surface area contributed by atoms with Crippen LogP contribution >= 0.6 is 0 Å². The summed E-state index contributed by atoms with van der Waals surface area (Å²) in [5.74, 6) is 1.72. The van der Waals surface area contributed by atoms with Crippen molar-refractivity contribution in [1.82, 2.24) is 20.4 Å². The summed E-state index contributed by atoms with van der Waals surface area (Å²) < 4.78 is 10.8. The first kappa shape index (κ1) is 13.5. The van der Waals surface area contributed by atoms with Crippen LogP contribution in [0.3, 0.4) is 0 Å². The normalized spacial score (nSPS) is 20.8. The first-order valence-electron chi connectivity index (χ1n) is 6.48. The summed E-state index contributed by atoms with van der Waals surface area (Å²) in [6, 6.07) is 0. The van der Waals surface area contributed by atoms with Crippen LogP contribution in [0, 0.1) is 0 Å². The predicted molar refractivity (Wildman–Crippen MR) is 67.3 cm³/mol. The van der Waals surface area contributed by atoms with Crippen molar-refractivity contribution >= 4 is 0 Å². The highest BCUT2D eigenvalue weighted by molar-refractivity contribution is 4.90. The number of hydrogen-bond donors (Lipinski definition) is 1. The first-order chi connectivity index (χ1) is 8.65. The number of likely N-dealkylation sites (N-methyl/N-ethyl adjacent to an activating group) is 1. The van der Waals surface area contributed by atoms with Crippen molar-refractivity contribution in [1.29, 1.82) is 0 Å². The number of nitrogens with zero attached hydrogens (tertiary/aromatic N) is 3. The quantitative estimate of drug-likeness (QED) is 0.831. The molecule has 0 radical (unpaired) electrons. The summed E-state index contributed by atoms with van der Waals surface area (Å²) in [4.78, 5) is 6.53. The molecule has 0 spiro atoms. The van der Waals surface area contributed by atoms with Crippen LogP contribution in [-0.4, -0.2) is 54.4 Å². The summed E-state index contributed by atoms with van der Waals surface area (Å²) in [7, 11) is 2.05. The van der Waals surface area contributed by atoms with E-state index in [0.29, 0.717) is 12.4 Å². The molecule has 1 saturated heterocycles. The van der Waals surface area contributed by atoms with E-state index < -0.39 is 0 Å². The van der Waals surface area contributed by atoms with Gasteiger partial charge in [-0.05, 0) is 7.05 Å². The fraction of sp³-hybridized carbons (Fsp3) is 0.833. The average Bonchev–Trinajstić information content (AvgIpc) is 2.78. The number of hydrogen-bond acceptors (Lipinski definition) is 6. The standard InChI is InChI=1S/C12H22N4O2/c1-9(2)12-14-11(15-18-12)8-16(3)7-10-6-13-4-5-17-10/h9-10,13H,4-8H2,1-3H3. The van der Waals surface area contributed by atoms with E-state index in [2.05, 4.69) is 20.4 Å². The first-order valence-corrected chi connectivity index (χ1v) is 6.48. The Morgan fingerprint density at radius 2 is 2.33 bits per heavy atom. The van der Waals surface area contributed by atoms with Crippen molar-refractivity contribution in [2.24, 2.45) is 0 Å². The van der Waals surface area contributed by atoms with Gasteiger partial charge in [0, 0.05) is 25.6 Å². The third-order valence-electron chi connectivity index (χ3n) is 2.91. The Balaban J connectivity index is 1.80. The topological polar surface area (TPSA) is 63.4 Å². The lowest BCUT2D eigenvalue weighted by Gasteiger charge is -2.27. The Morgan fingerprint density at radius 3 is 2.94 bits per heavy atom. The van der Waals surface area contributed by atoms with E-state index >= 15 is 0 Å². The average molecular weight is 254 g/mol. The van der Waals surface area contributed by atoms with E-state index in [9.17, 15) is 0 Å². The van der Waals surface area contributed by atoms with Gasteiger partial charge in [0.05, 0.1) is 19.3 Å². The van der Waals surface area contributed by atoms with E-state index in [-0.39, 0.29) is 12.0 Å². The summed E-state index contributed by atoms with van der Waals surface area (Å²) in [6.45, 7) is 8.30. The summed E-state index contributed by atoms with van der Waals surface area (Å²) in [5, 5.41) is 7.31. The number of morpholine rings is 1. The van der Waals surface area contributed by atoms with Gasteiger partial charge in [-0.25, -0.2) is 0 Å². The van der Waals surface area contributed by atoms with Gasteiger partial charge in [0.25, 0.3) is 0 Å². The minimum absolute atomic E-state index is 0.250. The molecule has 1 aliphatic heterocycles. The van der Waals surface area contributed by atoms with Gasteiger partial charge >= 0.3 is 0 Å². The zero-order chi connectivity index (χ0) is 13.0. The van der Waals surface area contributed by atoms with Crippen LogP contribution in [0.4, 0.5) is 0 Å². The van der Waals surface area contributed by atoms with Gasteiger partial charge in [0.1, 0.15) is 0 Å². The number of nitrogens with one attached hydrogen (secondary N) is 1. The number of aromatic nitrogens is 2. The van der Waals surface area contributed by atoms with Gasteiger partial charge in [-0.3, -0.25) is 4.90 Å². The molecule has 6 heteroatoms. The van der Waals surface area contributed by atoms with Gasteiger partial charge < -0.3 is 14.6 Å². The summed E-state index contributed by atoms with van der Waals surface area (Å²) in [5.41, 5.74) is 0. The predicted octanol–water partition coefficient (Wildman–Crippen LogP) is 0.613. The Morgan fingerprint density at radius 1 is 1.50 bits per heavy atom. The highest BCUT2D eigenvalue weighted by Gasteiger charge is 2.17. The van der Waals surface area contributed by atoms with Crippen LogP contribution < -0.4 is 5.32 Å². The molecule has 1 fully saturated rings. The van der Waals surface area contributed by atoms with Crippen LogP contribution in [0.25, 0.3) is 0 Å². The lowest BCUT2D eigenvalue weighted by atomic mass is 10.2. The maximum Gasteiger partial charge on any atom is 0.229 e. The van der Waals surface area contributed by atoms with E-state index in [1.54, 1.807) is 0 Å². The summed E-state index contributed by atoms with van der Waals surface area (Å²) in [6.07, 6.45) is 0.250. The van der Waals surface area contributed by atoms with Crippen LogP contribution in [0.5, 0.6) is 0 Å². The lowest BCUT2D eigenvalue weighted by molar-refractivity contribution is 0.00840. The zero-order valence-corrected chi connectivity index (χ0v) is 11.3. The fourth-order valence-electron chi connectivity index (χ4n) is 1.96. The molecule has 0 saturated carbocycles. The molecule has 1 N–H and O–H groups in total. The lowest BCUT2D eigenvalue weighted by Crippen LogP contribution is -2.44. The molecule has 0 aromatic carbocycles. The van der Waals surface area contributed by atoms with E-state index in [1.165, 1.54) is 0 Å². The molecule has 2 rings (SSSR count). The van der Waals surface area contributed by atoms with Crippen molar-refractivity contribution in [3.05, 3.63) is 11.7 Å². The van der Waals surface area contributed by atoms with Crippen molar-refractivity contribution < 1.29 is 9.26 Å². The third-order valence-corrected chi connectivity index (χ3v) is 2.91. The molecule has 1 unspecified atom stereocenters. The van der Waals surface area contributed by atoms with Crippen molar-refractivity contribution in [3.63, 3.8) is 0 Å². The van der Waals surface area contributed by atoms with Crippen molar-refractivity contribution in [2.75, 3.05) is 33.3 Å². The summed E-state index contributed by atoms with van der Waals surface area (Å²) >= 11 is 0. The Labute approximate surface area is 108 Å². The monoisotopic (exact) mass is 254 g/mol. The van der Waals surface area contributed by atoms with Crippen LogP contribution in [-0.2, 0) is 11.3 Å². The SMILES string of the molecule is CC(C)c1nc(CN(C)CC2CNCCO2)no1. The second-order valence-electron chi connectivity index (χ2n) is 5.10. The Kier molecular flexibility index (Phi) is 4.68. The Hall–Kier alpha value is -0.980. The van der Waals surface area contributed by atoms with Gasteiger partial charge in [-0.2, -0.15) is 4.98 Å². The molecule has 1 aromatic rings. The third kappa shape index (κ3) is 3.76. The molecular weight excluding hydrogens is 232 g/mol.